The summed E-state index contributed by atoms with van der Waals surface area (Å²) in [4.78, 5) is 4.53. The summed E-state index contributed by atoms with van der Waals surface area (Å²) in [6.45, 7) is 5.04. The maximum Gasteiger partial charge on any atom is 0.240 e. The monoisotopic (exact) mass is 399 g/mol. The number of rotatable bonds is 7. The highest BCUT2D eigenvalue weighted by molar-refractivity contribution is 6.30. The van der Waals surface area contributed by atoms with Gasteiger partial charge in [0.2, 0.25) is 18.5 Å². The van der Waals surface area contributed by atoms with Crippen LogP contribution in [0.5, 0.6) is 11.5 Å². The number of benzene rings is 2. The van der Waals surface area contributed by atoms with Gasteiger partial charge in [0, 0.05) is 16.1 Å². The predicted molar refractivity (Wildman–Crippen MR) is 106 cm³/mol. The molecule has 146 valence electrons. The van der Waals surface area contributed by atoms with E-state index >= 15 is 0 Å². The van der Waals surface area contributed by atoms with Crippen molar-refractivity contribution in [3.63, 3.8) is 0 Å². The van der Waals surface area contributed by atoms with Gasteiger partial charge in [-0.2, -0.15) is 4.98 Å². The van der Waals surface area contributed by atoms with E-state index in [1.807, 2.05) is 30.3 Å². The third kappa shape index (κ3) is 3.57. The van der Waals surface area contributed by atoms with Crippen molar-refractivity contribution >= 4 is 11.6 Å². The van der Waals surface area contributed by atoms with Gasteiger partial charge in [0.15, 0.2) is 11.5 Å². The molecular formula is C21H22ClN3O3. The van der Waals surface area contributed by atoms with Gasteiger partial charge in [-0.15, -0.1) is 0 Å². The Hall–Kier alpha value is -2.57. The first-order chi connectivity index (χ1) is 13.6. The zero-order valence-corrected chi connectivity index (χ0v) is 16.6. The molecule has 2 heterocycles. The van der Waals surface area contributed by atoms with Crippen LogP contribution in [0.2, 0.25) is 5.02 Å². The quantitative estimate of drug-likeness (QED) is 0.607. The van der Waals surface area contributed by atoms with Crippen LogP contribution in [-0.4, -0.2) is 16.9 Å². The molecule has 0 amide bonds. The van der Waals surface area contributed by atoms with Crippen molar-refractivity contribution in [1.29, 1.82) is 0 Å². The van der Waals surface area contributed by atoms with Crippen LogP contribution >= 0.6 is 11.6 Å². The summed E-state index contributed by atoms with van der Waals surface area (Å²) in [6, 6.07) is 13.6. The molecule has 3 aromatic rings. The first kappa shape index (κ1) is 18.8. The second-order valence-electron chi connectivity index (χ2n) is 6.73. The van der Waals surface area contributed by atoms with Gasteiger partial charge in [-0.3, -0.25) is 5.32 Å². The molecular weight excluding hydrogens is 378 g/mol. The van der Waals surface area contributed by atoms with Crippen LogP contribution in [0.15, 0.2) is 47.0 Å². The van der Waals surface area contributed by atoms with E-state index in [2.05, 4.69) is 41.4 Å². The SMILES string of the molecule is CCC(CC)(NCc1nc(-c2ccc3c(c2)OCO3)no1)c1ccc(Cl)cc1. The van der Waals surface area contributed by atoms with E-state index in [-0.39, 0.29) is 12.3 Å². The predicted octanol–water partition coefficient (Wildman–Crippen LogP) is 4.92. The van der Waals surface area contributed by atoms with E-state index in [1.54, 1.807) is 0 Å². The number of hydrogen-bond donors (Lipinski definition) is 1. The van der Waals surface area contributed by atoms with Gasteiger partial charge < -0.3 is 14.0 Å². The number of hydrogen-bond acceptors (Lipinski definition) is 6. The fourth-order valence-electron chi connectivity index (χ4n) is 3.50. The van der Waals surface area contributed by atoms with Crippen molar-refractivity contribution in [3.8, 4) is 22.9 Å². The maximum atomic E-state index is 6.05. The smallest absolute Gasteiger partial charge is 0.240 e. The number of nitrogens with zero attached hydrogens (tertiary/aromatic N) is 2. The summed E-state index contributed by atoms with van der Waals surface area (Å²) in [5, 5.41) is 8.45. The van der Waals surface area contributed by atoms with Crippen molar-refractivity contribution in [2.45, 2.75) is 38.8 Å². The van der Waals surface area contributed by atoms with Gasteiger partial charge in [-0.25, -0.2) is 0 Å². The van der Waals surface area contributed by atoms with E-state index < -0.39 is 0 Å². The Morgan fingerprint density at radius 1 is 1.04 bits per heavy atom. The van der Waals surface area contributed by atoms with Crippen LogP contribution in [0.1, 0.15) is 38.1 Å². The van der Waals surface area contributed by atoms with Crippen LogP contribution in [-0.2, 0) is 12.1 Å². The molecule has 4 rings (SSSR count). The molecule has 7 heteroatoms. The van der Waals surface area contributed by atoms with Crippen molar-refractivity contribution < 1.29 is 14.0 Å². The summed E-state index contributed by atoms with van der Waals surface area (Å²) in [6.07, 6.45) is 1.85. The highest BCUT2D eigenvalue weighted by Gasteiger charge is 2.28. The number of halogens is 1. The third-order valence-electron chi connectivity index (χ3n) is 5.28. The maximum absolute atomic E-state index is 6.05. The Balaban J connectivity index is 1.50. The Morgan fingerprint density at radius 2 is 1.79 bits per heavy atom. The van der Waals surface area contributed by atoms with E-state index in [1.165, 1.54) is 5.56 Å². The van der Waals surface area contributed by atoms with Crippen LogP contribution in [0.4, 0.5) is 0 Å². The Kier molecular flexibility index (Phi) is 5.24. The first-order valence-corrected chi connectivity index (χ1v) is 9.75. The molecule has 0 aliphatic carbocycles. The fraction of sp³-hybridized carbons (Fsp3) is 0.333. The van der Waals surface area contributed by atoms with E-state index in [4.69, 9.17) is 25.6 Å². The Morgan fingerprint density at radius 3 is 2.54 bits per heavy atom. The van der Waals surface area contributed by atoms with Crippen molar-refractivity contribution in [3.05, 3.63) is 58.9 Å². The number of fused-ring (bicyclic) bond motifs is 1. The molecule has 0 spiro atoms. The van der Waals surface area contributed by atoms with Crippen molar-refractivity contribution in [1.82, 2.24) is 15.5 Å². The summed E-state index contributed by atoms with van der Waals surface area (Å²) >= 11 is 6.05. The molecule has 1 N–H and O–H groups in total. The second kappa shape index (κ2) is 7.81. The topological polar surface area (TPSA) is 69.4 Å². The molecule has 1 aliphatic rings. The van der Waals surface area contributed by atoms with E-state index in [9.17, 15) is 0 Å². The molecule has 6 nitrogen and oxygen atoms in total. The summed E-state index contributed by atoms with van der Waals surface area (Å²) in [5.74, 6) is 2.49. The van der Waals surface area contributed by atoms with Crippen LogP contribution in [0, 0.1) is 0 Å². The van der Waals surface area contributed by atoms with Gasteiger partial charge in [-0.05, 0) is 48.7 Å². The van der Waals surface area contributed by atoms with Crippen LogP contribution in [0.25, 0.3) is 11.4 Å². The lowest BCUT2D eigenvalue weighted by Gasteiger charge is -2.33. The van der Waals surface area contributed by atoms with E-state index in [0.29, 0.717) is 24.0 Å². The van der Waals surface area contributed by atoms with Crippen molar-refractivity contribution in [2.24, 2.45) is 0 Å². The minimum absolute atomic E-state index is 0.183. The normalized spacial score (nSPS) is 13.1. The molecule has 0 atom stereocenters. The van der Waals surface area contributed by atoms with Crippen LogP contribution < -0.4 is 14.8 Å². The highest BCUT2D eigenvalue weighted by Crippen LogP contribution is 2.35. The minimum Gasteiger partial charge on any atom is -0.454 e. The molecule has 0 bridgehead atoms. The Labute approximate surface area is 168 Å². The molecule has 1 aromatic heterocycles. The van der Waals surface area contributed by atoms with Crippen LogP contribution in [0.3, 0.4) is 0 Å². The summed E-state index contributed by atoms with van der Waals surface area (Å²) in [5.41, 5.74) is 1.84. The van der Waals surface area contributed by atoms with Gasteiger partial charge in [-0.1, -0.05) is 42.7 Å². The first-order valence-electron chi connectivity index (χ1n) is 9.37. The van der Waals surface area contributed by atoms with Gasteiger partial charge in [0.1, 0.15) is 0 Å². The number of nitrogens with one attached hydrogen (secondary N) is 1. The molecule has 2 aromatic carbocycles. The van der Waals surface area contributed by atoms with Gasteiger partial charge >= 0.3 is 0 Å². The number of aromatic nitrogens is 2. The average molecular weight is 400 g/mol. The molecule has 1 aliphatic heterocycles. The average Bonchev–Trinajstić information content (AvgIpc) is 3.39. The fourth-order valence-corrected chi connectivity index (χ4v) is 3.63. The number of ether oxygens (including phenoxy) is 2. The van der Waals surface area contributed by atoms with Crippen molar-refractivity contribution in [2.75, 3.05) is 6.79 Å². The minimum atomic E-state index is -0.183. The third-order valence-corrected chi connectivity index (χ3v) is 5.53. The standard InChI is InChI=1S/C21H22ClN3O3/c1-3-21(4-2,15-6-8-16(22)9-7-15)23-12-19-24-20(25-28-19)14-5-10-17-18(11-14)27-13-26-17/h5-11,23H,3-4,12-13H2,1-2H3. The second-order valence-corrected chi connectivity index (χ2v) is 7.17. The molecule has 0 radical (unpaired) electrons. The lowest BCUT2D eigenvalue weighted by atomic mass is 9.84. The molecule has 0 saturated heterocycles. The molecule has 0 saturated carbocycles. The zero-order chi connectivity index (χ0) is 19.6. The molecule has 28 heavy (non-hydrogen) atoms. The summed E-state index contributed by atoms with van der Waals surface area (Å²) in [7, 11) is 0. The van der Waals surface area contributed by atoms with Gasteiger partial charge in [0.05, 0.1) is 6.54 Å². The zero-order valence-electron chi connectivity index (χ0n) is 15.9. The van der Waals surface area contributed by atoms with E-state index in [0.717, 1.165) is 29.2 Å². The van der Waals surface area contributed by atoms with Gasteiger partial charge in [0.25, 0.3) is 0 Å². The Bertz CT molecular complexity index is 952. The molecule has 0 fully saturated rings. The lowest BCUT2D eigenvalue weighted by Crippen LogP contribution is -2.41. The largest absolute Gasteiger partial charge is 0.454 e. The molecule has 0 unspecified atom stereocenters. The highest BCUT2D eigenvalue weighted by atomic mass is 35.5. The lowest BCUT2D eigenvalue weighted by molar-refractivity contribution is 0.174. The summed E-state index contributed by atoms with van der Waals surface area (Å²) < 4.78 is 16.2.